The number of nitrogens with zero attached hydrogens (tertiary/aromatic N) is 2. The first-order valence-electron chi connectivity index (χ1n) is 10.9. The van der Waals surface area contributed by atoms with Crippen molar-refractivity contribution in [2.24, 2.45) is 0 Å². The first-order valence-corrected chi connectivity index (χ1v) is 10.9. The number of carbonyl (C=O) groups is 2. The van der Waals surface area contributed by atoms with E-state index in [-0.39, 0.29) is 24.2 Å². The lowest BCUT2D eigenvalue weighted by Gasteiger charge is -2.22. The number of alkyl halides is 2. The van der Waals surface area contributed by atoms with Gasteiger partial charge < -0.3 is 24.3 Å². The van der Waals surface area contributed by atoms with Gasteiger partial charge in [0.2, 0.25) is 0 Å². The number of benzene rings is 1. The molecule has 1 N–H and O–H groups in total. The average molecular weight is 447 g/mol. The molecular formula is C23H27F2N3O4. The summed E-state index contributed by atoms with van der Waals surface area (Å²) in [6.45, 7) is 1.53. The van der Waals surface area contributed by atoms with E-state index in [1.165, 1.54) is 6.07 Å². The Labute approximate surface area is 185 Å². The Bertz CT molecular complexity index is 986. The van der Waals surface area contributed by atoms with Crippen LogP contribution in [0.2, 0.25) is 0 Å². The van der Waals surface area contributed by atoms with Gasteiger partial charge >= 0.3 is 6.61 Å². The lowest BCUT2D eigenvalue weighted by Crippen LogP contribution is -2.31. The van der Waals surface area contributed by atoms with E-state index >= 15 is 0 Å². The van der Waals surface area contributed by atoms with E-state index in [0.29, 0.717) is 42.1 Å². The number of ether oxygens (including phenoxy) is 2. The second kappa shape index (κ2) is 9.68. The van der Waals surface area contributed by atoms with Gasteiger partial charge in [0, 0.05) is 25.2 Å². The molecule has 1 aromatic heterocycles. The Kier molecular flexibility index (Phi) is 6.74. The highest BCUT2D eigenvalue weighted by molar-refractivity contribution is 6.01. The maximum Gasteiger partial charge on any atom is 0.387 e. The molecule has 0 saturated carbocycles. The number of para-hydroxylation sites is 1. The molecule has 0 bridgehead atoms. The number of fused-ring (bicyclic) bond motifs is 1. The average Bonchev–Trinajstić information content (AvgIpc) is 3.46. The molecule has 1 aromatic carbocycles. The van der Waals surface area contributed by atoms with Crippen LogP contribution >= 0.6 is 0 Å². The third-order valence-corrected chi connectivity index (χ3v) is 5.99. The lowest BCUT2D eigenvalue weighted by molar-refractivity contribution is -0.0507. The van der Waals surface area contributed by atoms with Crippen molar-refractivity contribution in [3.8, 4) is 5.75 Å². The second-order valence-corrected chi connectivity index (χ2v) is 7.94. The minimum Gasteiger partial charge on any atom is -0.434 e. The SMILES string of the molecule is CCC(NC(=O)c1cc(C(=O)N2CCCC2)n2c1COCC2)c1ccccc1OC(F)F. The van der Waals surface area contributed by atoms with E-state index in [1.54, 1.807) is 24.3 Å². The summed E-state index contributed by atoms with van der Waals surface area (Å²) < 4.78 is 37.7. The van der Waals surface area contributed by atoms with Gasteiger partial charge in [-0.05, 0) is 31.4 Å². The predicted octanol–water partition coefficient (Wildman–Crippen LogP) is 3.74. The number of hydrogen-bond donors (Lipinski definition) is 1. The van der Waals surface area contributed by atoms with Crippen molar-refractivity contribution >= 4 is 11.8 Å². The third-order valence-electron chi connectivity index (χ3n) is 5.99. The minimum absolute atomic E-state index is 0.0294. The Morgan fingerprint density at radius 3 is 2.66 bits per heavy atom. The molecule has 32 heavy (non-hydrogen) atoms. The Morgan fingerprint density at radius 1 is 1.19 bits per heavy atom. The quantitative estimate of drug-likeness (QED) is 0.702. The summed E-state index contributed by atoms with van der Waals surface area (Å²) in [6.07, 6.45) is 2.43. The number of carbonyl (C=O) groups excluding carboxylic acids is 2. The van der Waals surface area contributed by atoms with E-state index in [1.807, 2.05) is 16.4 Å². The topological polar surface area (TPSA) is 72.8 Å². The van der Waals surface area contributed by atoms with Gasteiger partial charge in [0.25, 0.3) is 11.8 Å². The van der Waals surface area contributed by atoms with Gasteiger partial charge in [-0.15, -0.1) is 0 Å². The number of amides is 2. The molecule has 3 heterocycles. The molecule has 1 fully saturated rings. The van der Waals surface area contributed by atoms with Crippen LogP contribution in [0.4, 0.5) is 8.78 Å². The summed E-state index contributed by atoms with van der Waals surface area (Å²) >= 11 is 0. The zero-order chi connectivity index (χ0) is 22.7. The van der Waals surface area contributed by atoms with E-state index < -0.39 is 12.7 Å². The van der Waals surface area contributed by atoms with Crippen LogP contribution in [-0.4, -0.2) is 47.6 Å². The van der Waals surface area contributed by atoms with E-state index in [2.05, 4.69) is 10.1 Å². The molecule has 2 aromatic rings. The van der Waals surface area contributed by atoms with Crippen LogP contribution in [0, 0.1) is 0 Å². The van der Waals surface area contributed by atoms with Crippen molar-refractivity contribution in [1.29, 1.82) is 0 Å². The molecule has 172 valence electrons. The molecule has 7 nitrogen and oxygen atoms in total. The number of rotatable bonds is 7. The zero-order valence-corrected chi connectivity index (χ0v) is 18.0. The summed E-state index contributed by atoms with van der Waals surface area (Å²) in [5.74, 6) is -0.423. The van der Waals surface area contributed by atoms with Crippen LogP contribution < -0.4 is 10.1 Å². The van der Waals surface area contributed by atoms with Crippen molar-refractivity contribution in [1.82, 2.24) is 14.8 Å². The summed E-state index contributed by atoms with van der Waals surface area (Å²) in [4.78, 5) is 28.1. The van der Waals surface area contributed by atoms with Crippen LogP contribution in [0.15, 0.2) is 30.3 Å². The standard InChI is InChI=1S/C23H27F2N3O4/c1-2-17(15-7-3-4-8-20(15)32-23(24)25)26-21(29)16-13-18(22(30)27-9-5-6-10-27)28-11-12-31-14-19(16)28/h3-4,7-8,13,17,23H,2,5-6,9-12,14H2,1H3,(H,26,29). The van der Waals surface area contributed by atoms with Gasteiger partial charge in [-0.2, -0.15) is 8.78 Å². The van der Waals surface area contributed by atoms with Crippen molar-refractivity contribution < 1.29 is 27.8 Å². The molecule has 1 unspecified atom stereocenters. The summed E-state index contributed by atoms with van der Waals surface area (Å²) in [5.41, 5.74) is 1.99. The molecule has 1 atom stereocenters. The van der Waals surface area contributed by atoms with Gasteiger partial charge in [0.05, 0.1) is 30.5 Å². The summed E-state index contributed by atoms with van der Waals surface area (Å²) in [5, 5.41) is 2.93. The Hall–Kier alpha value is -2.94. The lowest BCUT2D eigenvalue weighted by atomic mass is 10.0. The molecule has 0 radical (unpaired) electrons. The van der Waals surface area contributed by atoms with Crippen molar-refractivity contribution in [3.05, 3.63) is 52.8 Å². The summed E-state index contributed by atoms with van der Waals surface area (Å²) in [7, 11) is 0. The molecule has 2 amide bonds. The fourth-order valence-corrected chi connectivity index (χ4v) is 4.39. The molecule has 0 spiro atoms. The first-order chi connectivity index (χ1) is 15.5. The van der Waals surface area contributed by atoms with Gasteiger partial charge in [-0.25, -0.2) is 0 Å². The van der Waals surface area contributed by atoms with Gasteiger partial charge in [-0.3, -0.25) is 9.59 Å². The predicted molar refractivity (Wildman–Crippen MR) is 113 cm³/mol. The maximum absolute atomic E-state index is 13.3. The Balaban J connectivity index is 1.61. The molecule has 2 aliphatic rings. The normalized spacial score (nSPS) is 16.7. The summed E-state index contributed by atoms with van der Waals surface area (Å²) in [6, 6.07) is 7.53. The highest BCUT2D eigenvalue weighted by atomic mass is 19.3. The van der Waals surface area contributed by atoms with E-state index in [0.717, 1.165) is 25.9 Å². The number of aromatic nitrogens is 1. The van der Waals surface area contributed by atoms with Crippen molar-refractivity contribution in [2.45, 2.75) is 52.0 Å². The van der Waals surface area contributed by atoms with Gasteiger partial charge in [0.15, 0.2) is 0 Å². The van der Waals surface area contributed by atoms with Crippen molar-refractivity contribution in [3.63, 3.8) is 0 Å². The Morgan fingerprint density at radius 2 is 1.94 bits per heavy atom. The molecule has 0 aliphatic carbocycles. The number of nitrogens with one attached hydrogen (secondary N) is 1. The minimum atomic E-state index is -2.96. The van der Waals surface area contributed by atoms with Crippen molar-refractivity contribution in [2.75, 3.05) is 19.7 Å². The molecular weight excluding hydrogens is 420 g/mol. The van der Waals surface area contributed by atoms with Crippen LogP contribution in [0.5, 0.6) is 5.75 Å². The van der Waals surface area contributed by atoms with E-state index in [4.69, 9.17) is 4.74 Å². The second-order valence-electron chi connectivity index (χ2n) is 7.94. The zero-order valence-electron chi connectivity index (χ0n) is 18.0. The molecule has 9 heteroatoms. The highest BCUT2D eigenvalue weighted by Crippen LogP contribution is 2.30. The molecule has 2 aliphatic heterocycles. The first kappa shape index (κ1) is 22.3. The number of halogens is 2. The smallest absolute Gasteiger partial charge is 0.387 e. The number of likely N-dealkylation sites (tertiary alicyclic amines) is 1. The van der Waals surface area contributed by atoms with Crippen LogP contribution in [-0.2, 0) is 17.9 Å². The fraction of sp³-hybridized carbons (Fsp3) is 0.478. The fourth-order valence-electron chi connectivity index (χ4n) is 4.39. The largest absolute Gasteiger partial charge is 0.434 e. The van der Waals surface area contributed by atoms with Gasteiger partial charge in [0.1, 0.15) is 11.4 Å². The highest BCUT2D eigenvalue weighted by Gasteiger charge is 2.30. The van der Waals surface area contributed by atoms with Crippen LogP contribution in [0.1, 0.15) is 64.3 Å². The molecule has 4 rings (SSSR count). The van der Waals surface area contributed by atoms with Crippen LogP contribution in [0.3, 0.4) is 0 Å². The van der Waals surface area contributed by atoms with E-state index in [9.17, 15) is 18.4 Å². The number of hydrogen-bond acceptors (Lipinski definition) is 4. The maximum atomic E-state index is 13.3. The monoisotopic (exact) mass is 447 g/mol. The van der Waals surface area contributed by atoms with Crippen LogP contribution in [0.25, 0.3) is 0 Å². The molecule has 1 saturated heterocycles. The third kappa shape index (κ3) is 4.48. The van der Waals surface area contributed by atoms with Gasteiger partial charge in [-0.1, -0.05) is 25.1 Å².